The first-order valence-corrected chi connectivity index (χ1v) is 18.7. The maximum atomic E-state index is 13.3. The molecule has 16 heteroatoms. The van der Waals surface area contributed by atoms with Gasteiger partial charge in [0.25, 0.3) is 0 Å². The fraction of sp³-hybridized carbons (Fsp3) is 0.526. The van der Waals surface area contributed by atoms with Crippen molar-refractivity contribution in [1.29, 1.82) is 0 Å². The zero-order chi connectivity index (χ0) is 39.7. The van der Waals surface area contributed by atoms with Gasteiger partial charge in [0, 0.05) is 80.7 Å². The lowest BCUT2D eigenvalue weighted by Crippen LogP contribution is -2.61. The second-order valence-corrected chi connectivity index (χ2v) is 15.4. The summed E-state index contributed by atoms with van der Waals surface area (Å²) in [5, 5.41) is 7.62. The van der Waals surface area contributed by atoms with Crippen LogP contribution in [-0.4, -0.2) is 108 Å². The number of benzene rings is 2. The third-order valence-corrected chi connectivity index (χ3v) is 10.0. The van der Waals surface area contributed by atoms with Crippen molar-refractivity contribution >= 4 is 40.8 Å². The van der Waals surface area contributed by atoms with Crippen molar-refractivity contribution in [3.8, 4) is 5.75 Å². The van der Waals surface area contributed by atoms with Gasteiger partial charge in [-0.3, -0.25) is 14.6 Å². The minimum Gasteiger partial charge on any atom is -0.444 e. The van der Waals surface area contributed by atoms with E-state index in [-0.39, 0.29) is 17.9 Å². The van der Waals surface area contributed by atoms with Crippen LogP contribution in [0.5, 0.6) is 5.75 Å². The Morgan fingerprint density at radius 3 is 2.19 bits per heavy atom. The van der Waals surface area contributed by atoms with E-state index in [9.17, 15) is 22.8 Å². The van der Waals surface area contributed by atoms with Gasteiger partial charge in [0.05, 0.1) is 5.54 Å². The minimum atomic E-state index is -4.78. The average molecular weight is 799 g/mol. The van der Waals surface area contributed by atoms with Crippen LogP contribution in [0.3, 0.4) is 0 Å². The first kappa shape index (κ1) is 43.0. The van der Waals surface area contributed by atoms with Crippen LogP contribution in [0.4, 0.5) is 18.0 Å². The average Bonchev–Trinajstić information content (AvgIpc) is 3.09. The number of rotatable bonds is 14. The van der Waals surface area contributed by atoms with Crippen molar-refractivity contribution in [3.63, 3.8) is 0 Å². The number of carbonyl (C=O) groups is 2. The fourth-order valence-corrected chi connectivity index (χ4v) is 6.89. The van der Waals surface area contributed by atoms with Gasteiger partial charge in [-0.1, -0.05) is 48.0 Å². The molecular formula is C38H52Cl2F3N7O4. The summed E-state index contributed by atoms with van der Waals surface area (Å²) < 4.78 is 47.8. The fourth-order valence-electron chi connectivity index (χ4n) is 6.37. The molecule has 2 heterocycles. The van der Waals surface area contributed by atoms with E-state index in [1.165, 1.54) is 12.1 Å². The van der Waals surface area contributed by atoms with Gasteiger partial charge in [0.15, 0.2) is 6.29 Å². The number of piperidine rings is 1. The monoisotopic (exact) mass is 797 g/mol. The van der Waals surface area contributed by atoms with Crippen molar-refractivity contribution in [3.05, 3.63) is 82.6 Å². The van der Waals surface area contributed by atoms with Gasteiger partial charge in [-0.2, -0.15) is 0 Å². The number of likely N-dealkylation sites (tertiary alicyclic amines) is 1. The number of hydrogen-bond acceptors (Lipinski definition) is 9. The maximum absolute atomic E-state index is 13.3. The van der Waals surface area contributed by atoms with Gasteiger partial charge in [0.1, 0.15) is 11.4 Å². The predicted molar refractivity (Wildman–Crippen MR) is 206 cm³/mol. The number of piperazine rings is 1. The van der Waals surface area contributed by atoms with Crippen molar-refractivity contribution in [2.45, 2.75) is 77.3 Å². The third-order valence-electron chi connectivity index (χ3n) is 9.32. The van der Waals surface area contributed by atoms with E-state index in [0.29, 0.717) is 80.7 Å². The molecule has 2 aliphatic rings. The van der Waals surface area contributed by atoms with Crippen LogP contribution in [0, 0.1) is 0 Å². The highest BCUT2D eigenvalue weighted by Crippen LogP contribution is 2.28. The molecule has 0 saturated carbocycles. The largest absolute Gasteiger partial charge is 0.573 e. The summed E-state index contributed by atoms with van der Waals surface area (Å²) in [6, 6.07) is 11.2. The second kappa shape index (κ2) is 18.8. The van der Waals surface area contributed by atoms with Crippen molar-refractivity contribution < 1.29 is 32.2 Å². The number of carbonyl (C=O) groups excluding carboxylic acids is 2. The highest BCUT2D eigenvalue weighted by Gasteiger charge is 2.39. The van der Waals surface area contributed by atoms with E-state index < -0.39 is 23.6 Å². The molecule has 2 amide bonds. The van der Waals surface area contributed by atoms with Crippen molar-refractivity contribution in [2.75, 3.05) is 52.4 Å². The Morgan fingerprint density at radius 2 is 1.63 bits per heavy atom. The van der Waals surface area contributed by atoms with E-state index in [1.807, 2.05) is 31.3 Å². The van der Waals surface area contributed by atoms with Crippen LogP contribution in [0.1, 0.15) is 58.1 Å². The van der Waals surface area contributed by atoms with Gasteiger partial charge in [-0.05, 0) is 88.6 Å². The molecule has 298 valence electrons. The van der Waals surface area contributed by atoms with Crippen LogP contribution in [0.15, 0.2) is 61.4 Å². The normalized spacial score (nSPS) is 17.7. The van der Waals surface area contributed by atoms with Crippen LogP contribution in [0.25, 0.3) is 5.57 Å². The van der Waals surface area contributed by atoms with Crippen LogP contribution < -0.4 is 21.1 Å². The quantitative estimate of drug-likeness (QED) is 0.143. The summed E-state index contributed by atoms with van der Waals surface area (Å²) in [6.07, 6.45) is -0.796. The number of ether oxygens (including phenoxy) is 2. The molecule has 2 saturated heterocycles. The Hall–Kier alpha value is -3.69. The first-order chi connectivity index (χ1) is 25.4. The highest BCUT2D eigenvalue weighted by molar-refractivity contribution is 6.35. The predicted octanol–water partition coefficient (Wildman–Crippen LogP) is 6.62. The minimum absolute atomic E-state index is 0.277. The number of alkyl halides is 3. The molecule has 11 nitrogen and oxygen atoms in total. The zero-order valence-corrected chi connectivity index (χ0v) is 32.9. The lowest BCUT2D eigenvalue weighted by atomic mass is 9.88. The lowest BCUT2D eigenvalue weighted by molar-refractivity contribution is -0.274. The number of nitrogens with one attached hydrogen (secondary N) is 2. The number of hydrogen-bond donors (Lipinski definition) is 3. The van der Waals surface area contributed by atoms with Crippen molar-refractivity contribution in [1.82, 2.24) is 30.2 Å². The molecular weight excluding hydrogens is 746 g/mol. The second-order valence-electron chi connectivity index (χ2n) is 14.6. The molecule has 2 fully saturated rings. The van der Waals surface area contributed by atoms with E-state index in [1.54, 1.807) is 44.0 Å². The molecule has 0 spiro atoms. The molecule has 0 bridgehead atoms. The summed E-state index contributed by atoms with van der Waals surface area (Å²) in [5.41, 5.74) is 7.21. The Balaban J connectivity index is 1.43. The highest BCUT2D eigenvalue weighted by atomic mass is 35.5. The number of nitrogens with zero attached hydrogens (tertiary/aromatic N) is 4. The SMILES string of the molecule is C=CNC(N(/C=C(\C)c1ccc(OC(F)(F)F)cc1)CCCNC(=O)C1(N)CCN(C(=O)OC(C)(C)C)CC1)N1CCN(Cc2c(Cl)cccc2Cl)CC1. The number of nitrogens with two attached hydrogens (primary N) is 1. The zero-order valence-electron chi connectivity index (χ0n) is 31.4. The lowest BCUT2D eigenvalue weighted by Gasteiger charge is -2.44. The van der Waals surface area contributed by atoms with E-state index in [4.69, 9.17) is 33.7 Å². The first-order valence-electron chi connectivity index (χ1n) is 18.0. The Kier molecular flexibility index (Phi) is 15.0. The van der Waals surface area contributed by atoms with Crippen LogP contribution in [0.2, 0.25) is 10.0 Å². The summed E-state index contributed by atoms with van der Waals surface area (Å²) in [6.45, 7) is 16.2. The molecule has 0 radical (unpaired) electrons. The molecule has 0 aromatic heterocycles. The van der Waals surface area contributed by atoms with E-state index >= 15 is 0 Å². The molecule has 4 N–H and O–H groups in total. The number of halogens is 5. The van der Waals surface area contributed by atoms with Gasteiger partial charge in [0.2, 0.25) is 5.91 Å². The molecule has 54 heavy (non-hydrogen) atoms. The maximum Gasteiger partial charge on any atom is 0.573 e. The van der Waals surface area contributed by atoms with Crippen LogP contribution >= 0.6 is 23.2 Å². The smallest absolute Gasteiger partial charge is 0.444 e. The number of allylic oxidation sites excluding steroid dienone is 1. The third kappa shape index (κ3) is 12.7. The molecule has 4 rings (SSSR count). The van der Waals surface area contributed by atoms with Gasteiger partial charge in [-0.15, -0.1) is 13.2 Å². The van der Waals surface area contributed by atoms with E-state index in [0.717, 1.165) is 24.2 Å². The Bertz CT molecular complexity index is 1590. The summed E-state index contributed by atoms with van der Waals surface area (Å²) in [7, 11) is 0. The Labute approximate surface area is 326 Å². The Morgan fingerprint density at radius 1 is 1.02 bits per heavy atom. The standard InChI is InChI=1S/C38H52Cl2F3N7O4/c1-6-45-34(48-23-21-47(22-24-48)26-30-31(39)9-7-10-32(30)40)50(25-27(2)28-11-13-29(14-12-28)53-38(41,42)43)18-8-17-46-33(51)37(44)15-19-49(20-16-37)35(52)54-36(3,4)5/h6-7,9-14,25,34,45H,1,8,15-24,26,44H2,2-5H3,(H,46,51)/b27-25+. The molecule has 1 atom stereocenters. The van der Waals surface area contributed by atoms with E-state index in [2.05, 4.69) is 36.6 Å². The van der Waals surface area contributed by atoms with Gasteiger partial charge in [-0.25, -0.2) is 4.79 Å². The van der Waals surface area contributed by atoms with Crippen LogP contribution in [-0.2, 0) is 16.1 Å². The summed E-state index contributed by atoms with van der Waals surface area (Å²) >= 11 is 12.9. The van der Waals surface area contributed by atoms with Crippen molar-refractivity contribution in [2.24, 2.45) is 5.73 Å². The summed E-state index contributed by atoms with van der Waals surface area (Å²) in [4.78, 5) is 34.1. The topological polar surface area (TPSA) is 116 Å². The summed E-state index contributed by atoms with van der Waals surface area (Å²) in [5.74, 6) is -0.580. The molecule has 1 unspecified atom stereocenters. The van der Waals surface area contributed by atoms with Gasteiger partial charge < -0.3 is 35.6 Å². The molecule has 2 aromatic carbocycles. The molecule has 2 aromatic rings. The van der Waals surface area contributed by atoms with Gasteiger partial charge >= 0.3 is 12.5 Å². The number of amides is 2. The molecule has 2 aliphatic heterocycles. The molecule has 0 aliphatic carbocycles.